The second-order valence-electron chi connectivity index (χ2n) is 6.86. The van der Waals surface area contributed by atoms with Gasteiger partial charge in [-0.25, -0.2) is 8.78 Å². The number of halogens is 4. The average molecular weight is 513 g/mol. The molecule has 0 saturated carbocycles. The number of ether oxygens (including phenoxy) is 2. The highest BCUT2D eigenvalue weighted by molar-refractivity contribution is 5.94. The molecular weight excluding hydrogens is 489 g/mol. The van der Waals surface area contributed by atoms with Crippen molar-refractivity contribution >= 4 is 36.6 Å². The van der Waals surface area contributed by atoms with E-state index in [1.54, 1.807) is 48.8 Å². The molecule has 4 N–H and O–H groups in total. The Balaban J connectivity index is 0.00000289. The van der Waals surface area contributed by atoms with Gasteiger partial charge in [-0.05, 0) is 35.4 Å². The number of amides is 1. The number of nitrogen functional groups attached to an aromatic ring is 1. The molecule has 182 valence electrons. The van der Waals surface area contributed by atoms with Gasteiger partial charge in [0.25, 0.3) is 5.91 Å². The van der Waals surface area contributed by atoms with Crippen molar-refractivity contribution in [1.29, 1.82) is 5.41 Å². The highest BCUT2D eigenvalue weighted by Crippen LogP contribution is 2.30. The molecule has 1 heterocycles. The minimum absolute atomic E-state index is 0. The number of carbonyl (C=O) groups is 1. The quantitative estimate of drug-likeness (QED) is 0.295. The molecule has 0 bridgehead atoms. The Bertz CT molecular complexity index is 1100. The summed E-state index contributed by atoms with van der Waals surface area (Å²) in [4.78, 5) is 16.5. The van der Waals surface area contributed by atoms with E-state index in [9.17, 15) is 9.18 Å². The lowest BCUT2D eigenvalue weighted by atomic mass is 10.1. The molecule has 3 rings (SSSR count). The Labute approximate surface area is 208 Å². The van der Waals surface area contributed by atoms with E-state index < -0.39 is 29.2 Å². The number of hydrogen-bond acceptors (Lipinski definition) is 5. The van der Waals surface area contributed by atoms with Crippen LogP contribution < -0.4 is 15.8 Å². The van der Waals surface area contributed by atoms with Crippen molar-refractivity contribution in [3.05, 3.63) is 94.8 Å². The molecular formula is C23H24Cl2F2N4O3. The van der Waals surface area contributed by atoms with Crippen LogP contribution in [-0.2, 0) is 22.7 Å². The predicted octanol–water partition coefficient (Wildman–Crippen LogP) is 4.07. The van der Waals surface area contributed by atoms with Gasteiger partial charge < -0.3 is 20.5 Å². The average Bonchev–Trinajstić information content (AvgIpc) is 2.80. The van der Waals surface area contributed by atoms with Crippen LogP contribution in [0.2, 0.25) is 0 Å². The van der Waals surface area contributed by atoms with Crippen LogP contribution >= 0.6 is 24.8 Å². The normalized spacial score (nSPS) is 10.9. The number of hydrogen-bond donors (Lipinski definition) is 3. The van der Waals surface area contributed by atoms with Gasteiger partial charge in [-0.3, -0.25) is 15.2 Å². The number of nitrogens with two attached hydrogens (primary N) is 1. The van der Waals surface area contributed by atoms with Gasteiger partial charge in [0.1, 0.15) is 18.3 Å². The summed E-state index contributed by atoms with van der Waals surface area (Å²) in [7, 11) is 1.19. The van der Waals surface area contributed by atoms with Crippen molar-refractivity contribution in [3.63, 3.8) is 0 Å². The monoisotopic (exact) mass is 512 g/mol. The van der Waals surface area contributed by atoms with Gasteiger partial charge in [0, 0.05) is 31.6 Å². The molecule has 7 nitrogen and oxygen atoms in total. The van der Waals surface area contributed by atoms with Crippen molar-refractivity contribution in [2.75, 3.05) is 7.11 Å². The van der Waals surface area contributed by atoms with E-state index in [-0.39, 0.29) is 49.6 Å². The first kappa shape index (κ1) is 28.8. The predicted molar refractivity (Wildman–Crippen MR) is 128 cm³/mol. The largest absolute Gasteiger partial charge is 0.486 e. The third-order valence-corrected chi connectivity index (χ3v) is 4.70. The minimum Gasteiger partial charge on any atom is -0.486 e. The molecule has 11 heteroatoms. The van der Waals surface area contributed by atoms with E-state index in [1.165, 1.54) is 7.11 Å². The summed E-state index contributed by atoms with van der Waals surface area (Å²) in [5.41, 5.74) is 6.89. The molecule has 0 aliphatic rings. The molecule has 2 aromatic carbocycles. The van der Waals surface area contributed by atoms with E-state index in [0.717, 1.165) is 17.7 Å². The Morgan fingerprint density at radius 2 is 1.71 bits per heavy atom. The van der Waals surface area contributed by atoms with Gasteiger partial charge in [-0.1, -0.05) is 24.3 Å². The van der Waals surface area contributed by atoms with Gasteiger partial charge in [0.2, 0.25) is 0 Å². The fourth-order valence-electron chi connectivity index (χ4n) is 2.98. The lowest BCUT2D eigenvalue weighted by molar-refractivity contribution is -0.131. The second-order valence-corrected chi connectivity index (χ2v) is 6.86. The smallest absolute Gasteiger partial charge is 0.254 e. The van der Waals surface area contributed by atoms with Crippen molar-refractivity contribution in [3.8, 4) is 5.75 Å². The van der Waals surface area contributed by atoms with Gasteiger partial charge in [-0.15, -0.1) is 24.8 Å². The highest BCUT2D eigenvalue weighted by atomic mass is 35.5. The van der Waals surface area contributed by atoms with Crippen LogP contribution in [0, 0.1) is 17.0 Å². The van der Waals surface area contributed by atoms with Gasteiger partial charge in [0.05, 0.1) is 5.56 Å². The van der Waals surface area contributed by atoms with E-state index in [4.69, 9.17) is 20.6 Å². The molecule has 0 unspecified atom stereocenters. The summed E-state index contributed by atoms with van der Waals surface area (Å²) in [6.45, 7) is 0.142. The van der Waals surface area contributed by atoms with Crippen LogP contribution in [0.1, 0.15) is 28.4 Å². The fourth-order valence-corrected chi connectivity index (χ4v) is 2.98. The van der Waals surface area contributed by atoms with E-state index in [0.29, 0.717) is 11.1 Å². The Morgan fingerprint density at radius 1 is 1.06 bits per heavy atom. The van der Waals surface area contributed by atoms with Crippen LogP contribution in [-0.4, -0.2) is 23.8 Å². The van der Waals surface area contributed by atoms with Crippen molar-refractivity contribution in [2.24, 2.45) is 5.73 Å². The summed E-state index contributed by atoms with van der Waals surface area (Å²) in [6.07, 6.45) is 1.63. The molecule has 0 aliphatic carbocycles. The molecule has 1 atom stereocenters. The number of pyridine rings is 1. The first-order valence-corrected chi connectivity index (χ1v) is 9.64. The van der Waals surface area contributed by atoms with Crippen LogP contribution in [0.25, 0.3) is 0 Å². The summed E-state index contributed by atoms with van der Waals surface area (Å²) in [5.74, 6) is -2.92. The molecule has 0 fully saturated rings. The van der Waals surface area contributed by atoms with Gasteiger partial charge in [-0.2, -0.15) is 0 Å². The Kier molecular flexibility index (Phi) is 11.4. The summed E-state index contributed by atoms with van der Waals surface area (Å²) >= 11 is 0. The topological polar surface area (TPSA) is 110 Å². The Hall–Kier alpha value is -3.27. The van der Waals surface area contributed by atoms with Gasteiger partial charge >= 0.3 is 0 Å². The lowest BCUT2D eigenvalue weighted by Crippen LogP contribution is -2.31. The number of amidine groups is 1. The number of benzene rings is 2. The molecule has 0 radical (unpaired) electrons. The van der Waals surface area contributed by atoms with Crippen molar-refractivity contribution in [1.82, 2.24) is 10.3 Å². The number of nitrogens with zero attached hydrogens (tertiary/aromatic N) is 1. The molecule has 0 spiro atoms. The molecule has 0 saturated heterocycles. The number of nitrogens with one attached hydrogen (secondary N) is 2. The maximum Gasteiger partial charge on any atom is 0.254 e. The van der Waals surface area contributed by atoms with E-state index in [2.05, 4.69) is 10.3 Å². The van der Waals surface area contributed by atoms with Crippen molar-refractivity contribution < 1.29 is 23.0 Å². The molecule has 3 aromatic rings. The van der Waals surface area contributed by atoms with Crippen molar-refractivity contribution in [2.45, 2.75) is 19.3 Å². The number of aromatic nitrogens is 1. The third kappa shape index (κ3) is 7.11. The summed E-state index contributed by atoms with van der Waals surface area (Å²) < 4.78 is 40.1. The first-order chi connectivity index (χ1) is 15.4. The first-order valence-electron chi connectivity index (χ1n) is 9.64. The number of rotatable bonds is 9. The zero-order valence-electron chi connectivity index (χ0n) is 18.1. The van der Waals surface area contributed by atoms with E-state index >= 15 is 4.39 Å². The van der Waals surface area contributed by atoms with Crippen LogP contribution in [0.15, 0.2) is 60.9 Å². The Morgan fingerprint density at radius 3 is 2.29 bits per heavy atom. The standard InChI is InChI=1S/C23H22F2N4O3.2ClH/c1-31-21(23(30)29-12-14-2-4-16(5-3-14)22(26)27)19-17(24)6-7-18(20(19)25)32-13-15-8-10-28-11-9-15;;/h2-11,21H,12-13H2,1H3,(H3,26,27)(H,29,30);2*1H/t21-;;/m0../s1. The zero-order valence-corrected chi connectivity index (χ0v) is 19.7. The van der Waals surface area contributed by atoms with Crippen LogP contribution in [0.5, 0.6) is 5.75 Å². The molecule has 0 aliphatic heterocycles. The van der Waals surface area contributed by atoms with E-state index in [1.807, 2.05) is 0 Å². The third-order valence-electron chi connectivity index (χ3n) is 4.70. The molecule has 34 heavy (non-hydrogen) atoms. The summed E-state index contributed by atoms with van der Waals surface area (Å²) in [6, 6.07) is 12.3. The molecule has 1 amide bonds. The molecule has 1 aromatic heterocycles. The summed E-state index contributed by atoms with van der Waals surface area (Å²) in [5, 5.41) is 10.00. The highest BCUT2D eigenvalue weighted by Gasteiger charge is 2.29. The maximum atomic E-state index is 15.0. The van der Waals surface area contributed by atoms with Gasteiger partial charge in [0.15, 0.2) is 17.7 Å². The van der Waals surface area contributed by atoms with Crippen LogP contribution in [0.4, 0.5) is 8.78 Å². The fraction of sp³-hybridized carbons (Fsp3) is 0.174. The minimum atomic E-state index is -1.52. The SMILES string of the molecule is CO[C@H](C(=O)NCc1ccc(C(=N)N)cc1)c1c(F)ccc(OCc2ccncc2)c1F.Cl.Cl. The van der Waals surface area contributed by atoms with Crippen LogP contribution in [0.3, 0.4) is 0 Å². The number of methoxy groups -OCH3 is 1. The zero-order chi connectivity index (χ0) is 23.1. The second kappa shape index (κ2) is 13.4. The maximum absolute atomic E-state index is 15.0. The number of carbonyl (C=O) groups excluding carboxylic acids is 1. The lowest BCUT2D eigenvalue weighted by Gasteiger charge is -2.19.